The van der Waals surface area contributed by atoms with Crippen LogP contribution in [0.2, 0.25) is 0 Å². The van der Waals surface area contributed by atoms with Crippen molar-refractivity contribution in [1.29, 1.82) is 0 Å². The maximum absolute atomic E-state index is 12.7. The topological polar surface area (TPSA) is 18.5 Å². The molecule has 0 saturated heterocycles. The summed E-state index contributed by atoms with van der Waals surface area (Å²) in [6, 6.07) is 6.74. The van der Waals surface area contributed by atoms with E-state index in [-0.39, 0.29) is 11.8 Å². The van der Waals surface area contributed by atoms with Crippen LogP contribution in [0.5, 0.6) is 17.2 Å². The number of hydrogen-bond acceptors (Lipinski definition) is 2. The Bertz CT molecular complexity index is 642. The monoisotopic (exact) mass is 336 g/mol. The van der Waals surface area contributed by atoms with E-state index in [1.165, 1.54) is 31.4 Å². The Balaban J connectivity index is 2.40. The predicted octanol–water partition coefficient (Wildman–Crippen LogP) is 5.53. The zero-order chi connectivity index (χ0) is 17.3. The van der Waals surface area contributed by atoms with E-state index in [0.717, 1.165) is 0 Å². The lowest BCUT2D eigenvalue weighted by Crippen LogP contribution is -2.11. The molecular formula is C15H10F6O2. The third kappa shape index (κ3) is 4.30. The van der Waals surface area contributed by atoms with Gasteiger partial charge in [0.05, 0.1) is 18.2 Å². The lowest BCUT2D eigenvalue weighted by Gasteiger charge is -2.14. The Hall–Kier alpha value is -2.38. The van der Waals surface area contributed by atoms with Crippen LogP contribution in [-0.4, -0.2) is 7.11 Å². The number of ether oxygens (including phenoxy) is 2. The van der Waals surface area contributed by atoms with Crippen molar-refractivity contribution >= 4 is 0 Å². The van der Waals surface area contributed by atoms with Crippen molar-refractivity contribution in [3.05, 3.63) is 53.6 Å². The molecule has 2 rings (SSSR count). The predicted molar refractivity (Wildman–Crippen MR) is 69.5 cm³/mol. The second kappa shape index (κ2) is 6.02. The molecule has 0 aliphatic carbocycles. The number of rotatable bonds is 3. The summed E-state index contributed by atoms with van der Waals surface area (Å²) in [6.45, 7) is 0. The molecule has 2 aromatic carbocycles. The van der Waals surface area contributed by atoms with Crippen molar-refractivity contribution in [2.75, 3.05) is 7.11 Å². The Morgan fingerprint density at radius 2 is 1.09 bits per heavy atom. The highest BCUT2D eigenvalue weighted by Gasteiger charge is 2.37. The van der Waals surface area contributed by atoms with Crippen molar-refractivity contribution in [2.45, 2.75) is 12.4 Å². The Labute approximate surface area is 127 Å². The van der Waals surface area contributed by atoms with Gasteiger partial charge in [0, 0.05) is 0 Å². The minimum Gasteiger partial charge on any atom is -0.497 e. The molecule has 0 bridgehead atoms. The molecule has 0 atom stereocenters. The second-order valence-electron chi connectivity index (χ2n) is 4.52. The smallest absolute Gasteiger partial charge is 0.416 e. The number of hydrogen-bond donors (Lipinski definition) is 0. The first kappa shape index (κ1) is 17.0. The van der Waals surface area contributed by atoms with Crippen LogP contribution >= 0.6 is 0 Å². The standard InChI is InChI=1S/C15H10F6O2/c1-22-11-2-4-12(5-3-11)23-13-7-9(14(16,17)18)6-10(8-13)15(19,20)21/h2-8H,1H3. The molecular weight excluding hydrogens is 326 g/mol. The molecule has 0 unspecified atom stereocenters. The van der Waals surface area contributed by atoms with Gasteiger partial charge < -0.3 is 9.47 Å². The zero-order valence-electron chi connectivity index (χ0n) is 11.6. The first-order valence-electron chi connectivity index (χ1n) is 6.21. The van der Waals surface area contributed by atoms with Crippen LogP contribution in [0, 0.1) is 0 Å². The molecule has 0 radical (unpaired) electrons. The van der Waals surface area contributed by atoms with Crippen molar-refractivity contribution in [2.24, 2.45) is 0 Å². The van der Waals surface area contributed by atoms with Crippen LogP contribution in [0.15, 0.2) is 42.5 Å². The van der Waals surface area contributed by atoms with Gasteiger partial charge in [0.25, 0.3) is 0 Å². The summed E-state index contributed by atoms with van der Waals surface area (Å²) in [5, 5.41) is 0. The van der Waals surface area contributed by atoms with Gasteiger partial charge in [0.15, 0.2) is 0 Å². The molecule has 8 heteroatoms. The molecule has 0 spiro atoms. The van der Waals surface area contributed by atoms with Crippen molar-refractivity contribution in [3.8, 4) is 17.2 Å². The van der Waals surface area contributed by atoms with Gasteiger partial charge in [0.1, 0.15) is 17.2 Å². The zero-order valence-corrected chi connectivity index (χ0v) is 11.6. The molecule has 124 valence electrons. The average Bonchev–Trinajstić information content (AvgIpc) is 2.46. The normalized spacial score (nSPS) is 12.1. The summed E-state index contributed by atoms with van der Waals surface area (Å²) in [5.74, 6) is -0.00654. The average molecular weight is 336 g/mol. The highest BCUT2D eigenvalue weighted by Crippen LogP contribution is 2.39. The fourth-order valence-corrected chi connectivity index (χ4v) is 1.77. The minimum atomic E-state index is -4.92. The van der Waals surface area contributed by atoms with Crippen LogP contribution < -0.4 is 9.47 Å². The third-order valence-corrected chi connectivity index (χ3v) is 2.86. The van der Waals surface area contributed by atoms with Gasteiger partial charge in [-0.05, 0) is 42.5 Å². The number of halogens is 6. The second-order valence-corrected chi connectivity index (χ2v) is 4.52. The van der Waals surface area contributed by atoms with Crippen LogP contribution in [0.4, 0.5) is 26.3 Å². The number of benzene rings is 2. The van der Waals surface area contributed by atoms with E-state index in [1.54, 1.807) is 0 Å². The Morgan fingerprint density at radius 3 is 1.48 bits per heavy atom. The van der Waals surface area contributed by atoms with Crippen molar-refractivity contribution < 1.29 is 35.8 Å². The highest BCUT2D eigenvalue weighted by atomic mass is 19.4. The van der Waals surface area contributed by atoms with Crippen LogP contribution in [0.3, 0.4) is 0 Å². The van der Waals surface area contributed by atoms with Crippen LogP contribution in [-0.2, 0) is 12.4 Å². The molecule has 0 aromatic heterocycles. The lowest BCUT2D eigenvalue weighted by atomic mass is 10.1. The summed E-state index contributed by atoms with van der Waals surface area (Å²) in [7, 11) is 1.41. The molecule has 0 aliphatic heterocycles. The van der Waals surface area contributed by atoms with Gasteiger partial charge in [-0.1, -0.05) is 0 Å². The summed E-state index contributed by atoms with van der Waals surface area (Å²) >= 11 is 0. The molecule has 0 aliphatic rings. The van der Waals surface area contributed by atoms with Gasteiger partial charge in [-0.15, -0.1) is 0 Å². The first-order valence-corrected chi connectivity index (χ1v) is 6.21. The molecule has 2 aromatic rings. The number of methoxy groups -OCH3 is 1. The van der Waals surface area contributed by atoms with E-state index in [2.05, 4.69) is 0 Å². The van der Waals surface area contributed by atoms with Gasteiger partial charge in [-0.25, -0.2) is 0 Å². The SMILES string of the molecule is COc1ccc(Oc2cc(C(F)(F)F)cc(C(F)(F)F)c2)cc1. The van der Waals surface area contributed by atoms with Gasteiger partial charge >= 0.3 is 12.4 Å². The maximum atomic E-state index is 12.7. The molecule has 0 saturated carbocycles. The minimum absolute atomic E-state index is 0.0425. The first-order chi connectivity index (χ1) is 10.6. The van der Waals surface area contributed by atoms with Crippen LogP contribution in [0.1, 0.15) is 11.1 Å². The van der Waals surface area contributed by atoms with E-state index >= 15 is 0 Å². The highest BCUT2D eigenvalue weighted by molar-refractivity contribution is 5.41. The molecule has 23 heavy (non-hydrogen) atoms. The van der Waals surface area contributed by atoms with Gasteiger partial charge in [0.2, 0.25) is 0 Å². The third-order valence-electron chi connectivity index (χ3n) is 2.86. The molecule has 0 N–H and O–H groups in total. The van der Waals surface area contributed by atoms with E-state index < -0.39 is 29.2 Å². The summed E-state index contributed by atoms with van der Waals surface area (Å²) in [6.07, 6.45) is -9.83. The summed E-state index contributed by atoms with van der Waals surface area (Å²) < 4.78 is 86.4. The largest absolute Gasteiger partial charge is 0.497 e. The van der Waals surface area contributed by atoms with Crippen molar-refractivity contribution in [1.82, 2.24) is 0 Å². The molecule has 0 fully saturated rings. The van der Waals surface area contributed by atoms with E-state index in [0.29, 0.717) is 17.9 Å². The number of alkyl halides is 6. The fourth-order valence-electron chi connectivity index (χ4n) is 1.77. The van der Waals surface area contributed by atoms with E-state index in [4.69, 9.17) is 9.47 Å². The Morgan fingerprint density at radius 1 is 0.652 bits per heavy atom. The lowest BCUT2D eigenvalue weighted by molar-refractivity contribution is -0.143. The summed E-state index contributed by atoms with van der Waals surface area (Å²) in [4.78, 5) is 0. The van der Waals surface area contributed by atoms with Crippen LogP contribution in [0.25, 0.3) is 0 Å². The quantitative estimate of drug-likeness (QED) is 0.687. The maximum Gasteiger partial charge on any atom is 0.416 e. The molecule has 0 amide bonds. The summed E-state index contributed by atoms with van der Waals surface area (Å²) in [5.41, 5.74) is -2.87. The van der Waals surface area contributed by atoms with Gasteiger partial charge in [-0.2, -0.15) is 26.3 Å². The molecule has 0 heterocycles. The van der Waals surface area contributed by atoms with E-state index in [9.17, 15) is 26.3 Å². The van der Waals surface area contributed by atoms with E-state index in [1.807, 2.05) is 0 Å². The van der Waals surface area contributed by atoms with Gasteiger partial charge in [-0.3, -0.25) is 0 Å². The molecule has 2 nitrogen and oxygen atoms in total. The van der Waals surface area contributed by atoms with Crippen molar-refractivity contribution in [3.63, 3.8) is 0 Å². The fraction of sp³-hybridized carbons (Fsp3) is 0.200. The Kier molecular flexibility index (Phi) is 4.44.